The van der Waals surface area contributed by atoms with E-state index in [4.69, 9.17) is 0 Å². The molecule has 5 heteroatoms. The smallest absolute Gasteiger partial charge is 0.149 e. The Balaban J connectivity index is 2.07. The summed E-state index contributed by atoms with van der Waals surface area (Å²) in [5, 5.41) is 8.02. The Morgan fingerprint density at radius 2 is 1.93 bits per heavy atom. The lowest BCUT2D eigenvalue weighted by Gasteiger charge is -2.40. The number of nitrogens with zero attached hydrogens (tertiary/aromatic N) is 2. The second-order valence-corrected chi connectivity index (χ2v) is 8.12. The van der Waals surface area contributed by atoms with Crippen LogP contribution >= 0.6 is 9.24 Å². The predicted octanol–water partition coefficient (Wildman–Crippen LogP) is 5.49. The Morgan fingerprint density at radius 1 is 1.28 bits per heavy atom. The SMILES string of the molecule is C=C(P)C1=C(/N=C\C)NCC(CNc2ccc(C(=C)C(CC)CC)cc2)N1CC. The van der Waals surface area contributed by atoms with E-state index in [0.29, 0.717) is 12.0 Å². The van der Waals surface area contributed by atoms with Crippen LogP contribution in [0.4, 0.5) is 5.69 Å². The Hall–Kier alpha value is -2.06. The van der Waals surface area contributed by atoms with E-state index < -0.39 is 0 Å². The molecule has 0 fully saturated rings. The van der Waals surface area contributed by atoms with Gasteiger partial charge in [-0.2, -0.15) is 0 Å². The zero-order valence-corrected chi connectivity index (χ0v) is 19.6. The minimum absolute atomic E-state index is 0.322. The molecule has 2 N–H and O–H groups in total. The van der Waals surface area contributed by atoms with Gasteiger partial charge in [-0.15, -0.1) is 9.24 Å². The van der Waals surface area contributed by atoms with E-state index in [1.807, 2.05) is 13.1 Å². The van der Waals surface area contributed by atoms with Crippen LogP contribution in [-0.2, 0) is 0 Å². The Kier molecular flexibility index (Phi) is 8.98. The number of likely N-dealkylation sites (N-methyl/N-ethyl adjacent to an activating group) is 1. The average molecular weight is 413 g/mol. The van der Waals surface area contributed by atoms with Gasteiger partial charge in [-0.1, -0.05) is 39.1 Å². The van der Waals surface area contributed by atoms with Crippen LogP contribution in [0.2, 0.25) is 0 Å². The van der Waals surface area contributed by atoms with Crippen molar-refractivity contribution in [3.63, 3.8) is 0 Å². The van der Waals surface area contributed by atoms with Crippen LogP contribution < -0.4 is 10.6 Å². The summed E-state index contributed by atoms with van der Waals surface area (Å²) in [6.07, 6.45) is 4.09. The molecule has 158 valence electrons. The van der Waals surface area contributed by atoms with Crippen LogP contribution in [0.3, 0.4) is 0 Å². The first-order valence-electron chi connectivity index (χ1n) is 10.7. The van der Waals surface area contributed by atoms with E-state index in [1.54, 1.807) is 0 Å². The van der Waals surface area contributed by atoms with Crippen molar-refractivity contribution in [2.75, 3.05) is 25.0 Å². The summed E-state index contributed by atoms with van der Waals surface area (Å²) in [7, 11) is 2.72. The maximum absolute atomic E-state index is 4.49. The fraction of sp³-hybridized carbons (Fsp3) is 0.458. The van der Waals surface area contributed by atoms with E-state index in [-0.39, 0.29) is 0 Å². The molecule has 1 heterocycles. The normalized spacial score (nSPS) is 17.0. The van der Waals surface area contributed by atoms with Gasteiger partial charge in [0, 0.05) is 31.5 Å². The molecule has 0 amide bonds. The third kappa shape index (κ3) is 5.73. The number of nitrogens with one attached hydrogen (secondary N) is 2. The summed E-state index contributed by atoms with van der Waals surface area (Å²) >= 11 is 0. The average Bonchev–Trinajstić information content (AvgIpc) is 2.73. The van der Waals surface area contributed by atoms with Gasteiger partial charge in [-0.3, -0.25) is 0 Å². The van der Waals surface area contributed by atoms with Crippen LogP contribution in [0.25, 0.3) is 5.57 Å². The lowest BCUT2D eigenvalue weighted by molar-refractivity contribution is 0.253. The molecule has 0 aromatic heterocycles. The molecular formula is C24H37N4P. The molecule has 2 rings (SSSR count). The van der Waals surface area contributed by atoms with Gasteiger partial charge in [0.05, 0.1) is 11.7 Å². The Labute approximate surface area is 179 Å². The van der Waals surface area contributed by atoms with Crippen molar-refractivity contribution in [3.05, 3.63) is 59.8 Å². The van der Waals surface area contributed by atoms with Crippen molar-refractivity contribution in [2.45, 2.75) is 46.6 Å². The summed E-state index contributed by atoms with van der Waals surface area (Å²) in [4.78, 5) is 6.87. The summed E-state index contributed by atoms with van der Waals surface area (Å²) in [5.41, 5.74) is 4.69. The second kappa shape index (κ2) is 11.2. The van der Waals surface area contributed by atoms with E-state index in [1.165, 1.54) is 11.1 Å². The Bertz CT molecular complexity index is 760. The predicted molar refractivity (Wildman–Crippen MR) is 132 cm³/mol. The minimum atomic E-state index is 0.322. The van der Waals surface area contributed by atoms with E-state index in [9.17, 15) is 0 Å². The van der Waals surface area contributed by atoms with Gasteiger partial charge >= 0.3 is 0 Å². The van der Waals surface area contributed by atoms with Gasteiger partial charge in [-0.05, 0) is 61.2 Å². The van der Waals surface area contributed by atoms with E-state index in [2.05, 4.69) is 88.0 Å². The van der Waals surface area contributed by atoms with Gasteiger partial charge in [0.15, 0.2) is 0 Å². The maximum atomic E-state index is 4.49. The lowest BCUT2D eigenvalue weighted by atomic mass is 9.90. The third-order valence-corrected chi connectivity index (χ3v) is 5.91. The number of aliphatic imine (C=N–C) groups is 1. The van der Waals surface area contributed by atoms with Crippen LogP contribution in [0.5, 0.6) is 0 Å². The highest BCUT2D eigenvalue weighted by molar-refractivity contribution is 7.23. The first kappa shape index (κ1) is 23.2. The number of benzene rings is 1. The fourth-order valence-electron chi connectivity index (χ4n) is 3.95. The zero-order chi connectivity index (χ0) is 21.4. The number of anilines is 1. The zero-order valence-electron chi connectivity index (χ0n) is 18.5. The fourth-order valence-corrected chi connectivity index (χ4v) is 4.26. The van der Waals surface area contributed by atoms with Gasteiger partial charge in [0.2, 0.25) is 0 Å². The minimum Gasteiger partial charge on any atom is -0.383 e. The molecule has 4 nitrogen and oxygen atoms in total. The van der Waals surface area contributed by atoms with E-state index >= 15 is 0 Å². The molecule has 2 atom stereocenters. The first-order chi connectivity index (χ1) is 14.0. The molecule has 0 saturated heterocycles. The van der Waals surface area contributed by atoms with Crippen molar-refractivity contribution >= 4 is 26.7 Å². The molecule has 1 aliphatic heterocycles. The van der Waals surface area contributed by atoms with Gasteiger partial charge in [-0.25, -0.2) is 4.99 Å². The summed E-state index contributed by atoms with van der Waals surface area (Å²) in [6, 6.07) is 9.01. The molecule has 2 unspecified atom stereocenters. The molecule has 0 saturated carbocycles. The van der Waals surface area contributed by atoms with Crippen molar-refractivity contribution < 1.29 is 0 Å². The van der Waals surface area contributed by atoms with Crippen LogP contribution in [0.1, 0.15) is 46.1 Å². The van der Waals surface area contributed by atoms with Crippen molar-refractivity contribution in [2.24, 2.45) is 10.9 Å². The summed E-state index contributed by atoms with van der Waals surface area (Å²) in [6.45, 7) is 19.6. The number of hydrogen-bond acceptors (Lipinski definition) is 4. The molecule has 1 aliphatic rings. The first-order valence-corrected chi connectivity index (χ1v) is 11.3. The van der Waals surface area contributed by atoms with Crippen LogP contribution in [0, 0.1) is 5.92 Å². The van der Waals surface area contributed by atoms with Crippen LogP contribution in [0.15, 0.2) is 59.2 Å². The van der Waals surface area contributed by atoms with Crippen molar-refractivity contribution in [1.82, 2.24) is 10.2 Å². The molecule has 0 bridgehead atoms. The quantitative estimate of drug-likeness (QED) is 0.394. The van der Waals surface area contributed by atoms with E-state index in [0.717, 1.165) is 55.0 Å². The molecule has 0 aliphatic carbocycles. The van der Waals surface area contributed by atoms with Crippen molar-refractivity contribution in [3.8, 4) is 0 Å². The molecule has 1 aromatic carbocycles. The molecule has 0 radical (unpaired) electrons. The number of rotatable bonds is 10. The second-order valence-electron chi connectivity index (χ2n) is 7.43. The highest BCUT2D eigenvalue weighted by Gasteiger charge is 2.27. The van der Waals surface area contributed by atoms with Crippen LogP contribution in [-0.4, -0.2) is 36.8 Å². The maximum Gasteiger partial charge on any atom is 0.149 e. The highest BCUT2D eigenvalue weighted by atomic mass is 31.0. The Morgan fingerprint density at radius 3 is 2.45 bits per heavy atom. The molecular weight excluding hydrogens is 375 g/mol. The van der Waals surface area contributed by atoms with Crippen molar-refractivity contribution in [1.29, 1.82) is 0 Å². The number of hydrogen-bond donors (Lipinski definition) is 2. The molecule has 29 heavy (non-hydrogen) atoms. The summed E-state index contributed by atoms with van der Waals surface area (Å²) < 4.78 is 0. The number of allylic oxidation sites excluding steroid dienone is 2. The molecule has 0 spiro atoms. The third-order valence-electron chi connectivity index (χ3n) is 5.64. The van der Waals surface area contributed by atoms with Gasteiger partial charge in [0.1, 0.15) is 5.82 Å². The largest absolute Gasteiger partial charge is 0.383 e. The van der Waals surface area contributed by atoms with Gasteiger partial charge < -0.3 is 15.5 Å². The van der Waals surface area contributed by atoms with Gasteiger partial charge in [0.25, 0.3) is 0 Å². The lowest BCUT2D eigenvalue weighted by Crippen LogP contribution is -2.50. The topological polar surface area (TPSA) is 39.7 Å². The molecule has 1 aromatic rings. The monoisotopic (exact) mass is 412 g/mol. The summed E-state index contributed by atoms with van der Waals surface area (Å²) in [5.74, 6) is 1.46. The highest BCUT2D eigenvalue weighted by Crippen LogP contribution is 2.29. The standard InChI is InChI=1S/C24H37N4P/c1-7-19(8-2)17(5)20-11-13-21(14-12-20)26-15-22-16-27-24(25-9-3)23(18(6)29)28(22)10-4/h9,11-14,19,22,26-27H,5-8,10,15-16,29H2,1-4H3/b25-9-.